The summed E-state index contributed by atoms with van der Waals surface area (Å²) in [5.74, 6) is -0.980. The second kappa shape index (κ2) is 17.6. The summed E-state index contributed by atoms with van der Waals surface area (Å²) in [7, 11) is 1.62. The molecule has 0 saturated carbocycles. The molecule has 0 radical (unpaired) electrons. The third-order valence-electron chi connectivity index (χ3n) is 1.77. The van der Waals surface area contributed by atoms with E-state index in [0.29, 0.717) is 46.2 Å². The van der Waals surface area contributed by atoms with E-state index in [2.05, 4.69) is 0 Å². The maximum atomic E-state index is 10.1. The Morgan fingerprint density at radius 2 is 1.16 bits per heavy atom. The summed E-state index contributed by atoms with van der Waals surface area (Å²) in [6.07, 6.45) is 0. The topological polar surface area (TPSA) is 83.5 Å². The van der Waals surface area contributed by atoms with Crippen LogP contribution in [0.2, 0.25) is 0 Å². The summed E-state index contributed by atoms with van der Waals surface area (Å²) < 4.78 is 25.2. The number of carbonyl (C=O) groups is 1. The number of ether oxygens (including phenoxy) is 5. The van der Waals surface area contributed by atoms with Crippen LogP contribution in [0.3, 0.4) is 0 Å². The van der Waals surface area contributed by atoms with Crippen molar-refractivity contribution in [3.8, 4) is 0 Å². The number of methoxy groups -OCH3 is 1. The molecule has 0 unspecified atom stereocenters. The first-order valence-electron chi connectivity index (χ1n) is 5.79. The molecule has 0 aromatic rings. The molecule has 1 N–H and O–H groups in total. The van der Waals surface area contributed by atoms with Gasteiger partial charge in [0.05, 0.1) is 52.9 Å². The lowest BCUT2D eigenvalue weighted by atomic mass is 10.7. The van der Waals surface area contributed by atoms with Crippen LogP contribution < -0.4 is 0 Å². The number of carboxylic acids is 1. The fourth-order valence-corrected chi connectivity index (χ4v) is 0.961. The van der Waals surface area contributed by atoms with Gasteiger partial charge in [-0.15, -0.1) is 12.4 Å². The average Bonchev–Trinajstić information content (AvgIpc) is 2.34. The quantitative estimate of drug-likeness (QED) is 0.459. The fraction of sp³-hybridized carbons (Fsp3) is 0.909. The van der Waals surface area contributed by atoms with Crippen LogP contribution in [-0.4, -0.2) is 77.6 Å². The standard InChI is InChI=1S/C11H22O7.ClH/c1-14-2-3-15-4-5-16-6-7-17-8-9-18-10-11(12)13;/h2-10H2,1H3,(H,12,13);1H. The summed E-state index contributed by atoms with van der Waals surface area (Å²) in [6.45, 7) is 3.47. The summed E-state index contributed by atoms with van der Waals surface area (Å²) in [4.78, 5) is 10.1. The molecule has 19 heavy (non-hydrogen) atoms. The Balaban J connectivity index is 0. The molecule has 0 rings (SSSR count). The minimum absolute atomic E-state index is 0. The monoisotopic (exact) mass is 302 g/mol. The molecule has 0 amide bonds. The Hall–Kier alpha value is -0.440. The van der Waals surface area contributed by atoms with Gasteiger partial charge in [-0.1, -0.05) is 0 Å². The zero-order valence-corrected chi connectivity index (χ0v) is 12.0. The molecule has 0 aliphatic heterocycles. The zero-order valence-electron chi connectivity index (χ0n) is 11.2. The molecule has 0 aliphatic rings. The molecular weight excluding hydrogens is 280 g/mol. The molecule has 0 spiro atoms. The molecule has 8 heteroatoms. The Labute approximate surface area is 119 Å². The zero-order chi connectivity index (χ0) is 13.5. The highest BCUT2D eigenvalue weighted by Gasteiger charge is 1.96. The van der Waals surface area contributed by atoms with Crippen LogP contribution in [-0.2, 0) is 28.5 Å². The second-order valence-corrected chi connectivity index (χ2v) is 3.28. The highest BCUT2D eigenvalue weighted by Crippen LogP contribution is 1.83. The van der Waals surface area contributed by atoms with Crippen LogP contribution in [0.15, 0.2) is 0 Å². The highest BCUT2D eigenvalue weighted by atomic mass is 35.5. The lowest BCUT2D eigenvalue weighted by Crippen LogP contribution is -2.14. The van der Waals surface area contributed by atoms with Crippen molar-refractivity contribution in [2.45, 2.75) is 0 Å². The minimum atomic E-state index is -0.980. The van der Waals surface area contributed by atoms with Crippen molar-refractivity contribution in [3.05, 3.63) is 0 Å². The maximum Gasteiger partial charge on any atom is 0.329 e. The van der Waals surface area contributed by atoms with E-state index in [1.54, 1.807) is 7.11 Å². The van der Waals surface area contributed by atoms with E-state index in [-0.39, 0.29) is 25.6 Å². The van der Waals surface area contributed by atoms with Gasteiger partial charge in [-0.05, 0) is 0 Å². The Morgan fingerprint density at radius 3 is 1.53 bits per heavy atom. The van der Waals surface area contributed by atoms with E-state index < -0.39 is 5.97 Å². The molecule has 0 atom stereocenters. The van der Waals surface area contributed by atoms with Gasteiger partial charge in [0.2, 0.25) is 0 Å². The summed E-state index contributed by atoms with van der Waals surface area (Å²) in [5.41, 5.74) is 0. The number of hydrogen-bond donors (Lipinski definition) is 1. The minimum Gasteiger partial charge on any atom is -0.480 e. The van der Waals surface area contributed by atoms with Crippen LogP contribution in [0, 0.1) is 0 Å². The summed E-state index contributed by atoms with van der Waals surface area (Å²) >= 11 is 0. The van der Waals surface area contributed by atoms with Gasteiger partial charge in [-0.25, -0.2) is 4.79 Å². The van der Waals surface area contributed by atoms with Crippen molar-refractivity contribution in [2.75, 3.05) is 66.6 Å². The van der Waals surface area contributed by atoms with Gasteiger partial charge in [0.25, 0.3) is 0 Å². The summed E-state index contributed by atoms with van der Waals surface area (Å²) in [6, 6.07) is 0. The molecule has 0 bridgehead atoms. The number of hydrogen-bond acceptors (Lipinski definition) is 6. The Morgan fingerprint density at radius 1 is 0.789 bits per heavy atom. The average molecular weight is 303 g/mol. The van der Waals surface area contributed by atoms with E-state index in [0.717, 1.165) is 0 Å². The molecular formula is C11H23ClO7. The van der Waals surface area contributed by atoms with Crippen LogP contribution in [0.1, 0.15) is 0 Å². The van der Waals surface area contributed by atoms with Gasteiger partial charge >= 0.3 is 5.97 Å². The number of carboxylic acid groups (broad SMARTS) is 1. The predicted octanol–water partition coefficient (Wildman–Crippen LogP) is 0.206. The first kappa shape index (κ1) is 20.9. The van der Waals surface area contributed by atoms with Crippen molar-refractivity contribution < 1.29 is 33.6 Å². The van der Waals surface area contributed by atoms with Crippen LogP contribution in [0.4, 0.5) is 0 Å². The van der Waals surface area contributed by atoms with E-state index in [1.807, 2.05) is 0 Å². The van der Waals surface area contributed by atoms with Gasteiger partial charge in [-0.3, -0.25) is 0 Å². The lowest BCUT2D eigenvalue weighted by Gasteiger charge is -2.06. The molecule has 0 heterocycles. The van der Waals surface area contributed by atoms with Crippen LogP contribution in [0.25, 0.3) is 0 Å². The van der Waals surface area contributed by atoms with Gasteiger partial charge in [0.15, 0.2) is 0 Å². The summed E-state index contributed by atoms with van der Waals surface area (Å²) in [5, 5.41) is 8.29. The molecule has 7 nitrogen and oxygen atoms in total. The Bertz CT molecular complexity index is 192. The van der Waals surface area contributed by atoms with Crippen molar-refractivity contribution in [3.63, 3.8) is 0 Å². The number of halogens is 1. The molecule has 0 aromatic heterocycles. The third kappa shape index (κ3) is 20.1. The first-order chi connectivity index (χ1) is 8.77. The third-order valence-corrected chi connectivity index (χ3v) is 1.77. The van der Waals surface area contributed by atoms with Crippen molar-refractivity contribution in [2.24, 2.45) is 0 Å². The predicted molar refractivity (Wildman–Crippen MR) is 70.0 cm³/mol. The molecule has 0 aliphatic carbocycles. The van der Waals surface area contributed by atoms with Gasteiger partial charge in [-0.2, -0.15) is 0 Å². The van der Waals surface area contributed by atoms with Crippen molar-refractivity contribution in [1.29, 1.82) is 0 Å². The number of rotatable bonds is 14. The largest absolute Gasteiger partial charge is 0.480 e. The second-order valence-electron chi connectivity index (χ2n) is 3.28. The molecule has 0 aromatic carbocycles. The van der Waals surface area contributed by atoms with Crippen LogP contribution >= 0.6 is 12.4 Å². The SMILES string of the molecule is COCCOCCOCCOCCOCC(=O)O.Cl. The van der Waals surface area contributed by atoms with Crippen LogP contribution in [0.5, 0.6) is 0 Å². The lowest BCUT2D eigenvalue weighted by molar-refractivity contribution is -0.142. The van der Waals surface area contributed by atoms with Gasteiger partial charge in [0.1, 0.15) is 6.61 Å². The van der Waals surface area contributed by atoms with E-state index in [9.17, 15) is 4.79 Å². The van der Waals surface area contributed by atoms with Gasteiger partial charge < -0.3 is 28.8 Å². The van der Waals surface area contributed by atoms with Crippen molar-refractivity contribution >= 4 is 18.4 Å². The highest BCUT2D eigenvalue weighted by molar-refractivity contribution is 5.85. The molecule has 0 fully saturated rings. The number of aliphatic carboxylic acids is 1. The fourth-order valence-electron chi connectivity index (χ4n) is 0.961. The van der Waals surface area contributed by atoms with E-state index >= 15 is 0 Å². The van der Waals surface area contributed by atoms with Crippen molar-refractivity contribution in [1.82, 2.24) is 0 Å². The van der Waals surface area contributed by atoms with Gasteiger partial charge in [0, 0.05) is 7.11 Å². The molecule has 116 valence electrons. The Kier molecular flexibility index (Phi) is 19.3. The maximum absolute atomic E-state index is 10.1. The smallest absolute Gasteiger partial charge is 0.329 e. The normalized spacial score (nSPS) is 10.2. The molecule has 0 saturated heterocycles. The van der Waals surface area contributed by atoms with E-state index in [1.165, 1.54) is 0 Å². The van der Waals surface area contributed by atoms with E-state index in [4.69, 9.17) is 28.8 Å². The first-order valence-corrected chi connectivity index (χ1v) is 5.79.